The van der Waals surface area contributed by atoms with E-state index < -0.39 is 41.4 Å². The molecule has 1 amide bonds. The quantitative estimate of drug-likeness (QED) is 0.760. The number of thioether (sulfide) groups is 1. The fraction of sp³-hybridized carbons (Fsp3) is 0.429. The van der Waals surface area contributed by atoms with E-state index in [-0.39, 0.29) is 6.54 Å². The topological polar surface area (TPSA) is 76.1 Å². The lowest BCUT2D eigenvalue weighted by Crippen LogP contribution is -2.36. The first-order valence-electron chi connectivity index (χ1n) is 6.57. The average molecular weight is 367 g/mol. The van der Waals surface area contributed by atoms with Gasteiger partial charge < -0.3 is 19.5 Å². The van der Waals surface area contributed by atoms with E-state index in [0.717, 1.165) is 4.90 Å². The van der Waals surface area contributed by atoms with Crippen LogP contribution in [0.5, 0.6) is 11.5 Å². The third-order valence-corrected chi connectivity index (χ3v) is 3.54. The zero-order valence-corrected chi connectivity index (χ0v) is 13.7. The number of aliphatic carboxylic acids is 1. The summed E-state index contributed by atoms with van der Waals surface area (Å²) < 4.78 is 46.7. The van der Waals surface area contributed by atoms with E-state index in [2.05, 4.69) is 0 Å². The molecule has 10 heteroatoms. The van der Waals surface area contributed by atoms with Gasteiger partial charge in [-0.05, 0) is 29.5 Å². The Hall–Kier alpha value is -2.10. The van der Waals surface area contributed by atoms with Crippen LogP contribution in [0.25, 0.3) is 0 Å². The number of methoxy groups -OCH3 is 2. The van der Waals surface area contributed by atoms with Crippen LogP contribution in [-0.4, -0.2) is 53.9 Å². The molecule has 1 aromatic carbocycles. The number of ether oxygens (including phenoxy) is 2. The predicted molar refractivity (Wildman–Crippen MR) is 81.1 cm³/mol. The molecular formula is C14H16F3NO5S. The summed E-state index contributed by atoms with van der Waals surface area (Å²) in [7, 11) is 2.83. The van der Waals surface area contributed by atoms with Crippen molar-refractivity contribution >= 4 is 23.6 Å². The number of hydrogen-bond donors (Lipinski definition) is 1. The van der Waals surface area contributed by atoms with E-state index in [9.17, 15) is 22.8 Å². The summed E-state index contributed by atoms with van der Waals surface area (Å²) in [5, 5.41) is 8.87. The van der Waals surface area contributed by atoms with Gasteiger partial charge in [0.1, 0.15) is 18.0 Å². The molecule has 0 saturated carbocycles. The van der Waals surface area contributed by atoms with Crippen molar-refractivity contribution in [1.82, 2.24) is 4.90 Å². The van der Waals surface area contributed by atoms with Gasteiger partial charge in [0, 0.05) is 12.6 Å². The van der Waals surface area contributed by atoms with Gasteiger partial charge in [-0.25, -0.2) is 0 Å². The molecule has 1 N–H and O–H groups in total. The van der Waals surface area contributed by atoms with Crippen molar-refractivity contribution in [1.29, 1.82) is 0 Å². The highest BCUT2D eigenvalue weighted by Crippen LogP contribution is 2.30. The van der Waals surface area contributed by atoms with Crippen LogP contribution in [0.15, 0.2) is 18.2 Å². The standard InChI is InChI=1S/C14H16F3NO5S/c1-22-10-3-9(4-11(5-10)23-2)6-18(7-13(20)21)12(19)8-24-14(15,16)17/h3-5H,6-8H2,1-2H3,(H,20,21). The molecule has 0 bridgehead atoms. The van der Waals surface area contributed by atoms with Gasteiger partial charge in [0.2, 0.25) is 5.91 Å². The van der Waals surface area contributed by atoms with E-state index in [4.69, 9.17) is 14.6 Å². The highest BCUT2D eigenvalue weighted by Gasteiger charge is 2.30. The number of carbonyl (C=O) groups excluding carboxylic acids is 1. The smallest absolute Gasteiger partial charge is 0.442 e. The Bertz CT molecular complexity index is 572. The van der Waals surface area contributed by atoms with Crippen LogP contribution in [0.2, 0.25) is 0 Å². The van der Waals surface area contributed by atoms with Gasteiger partial charge >= 0.3 is 11.5 Å². The number of rotatable bonds is 8. The van der Waals surface area contributed by atoms with Crippen LogP contribution in [-0.2, 0) is 16.1 Å². The van der Waals surface area contributed by atoms with Gasteiger partial charge in [0.25, 0.3) is 0 Å². The molecule has 0 heterocycles. The Labute approximate surface area is 140 Å². The lowest BCUT2D eigenvalue weighted by atomic mass is 10.2. The van der Waals surface area contributed by atoms with E-state index in [1.807, 2.05) is 0 Å². The molecule has 0 fully saturated rings. The number of benzene rings is 1. The molecule has 6 nitrogen and oxygen atoms in total. The summed E-state index contributed by atoms with van der Waals surface area (Å²) in [6.07, 6.45) is 0. The Morgan fingerprint density at radius 2 is 1.71 bits per heavy atom. The molecule has 1 aromatic rings. The van der Waals surface area contributed by atoms with Crippen molar-refractivity contribution in [3.05, 3.63) is 23.8 Å². The molecule has 0 radical (unpaired) electrons. The fourth-order valence-corrected chi connectivity index (χ4v) is 2.28. The van der Waals surface area contributed by atoms with Crippen molar-refractivity contribution in [2.75, 3.05) is 26.5 Å². The maximum absolute atomic E-state index is 12.2. The molecule has 1 rings (SSSR count). The summed E-state index contributed by atoms with van der Waals surface area (Å²) in [4.78, 5) is 23.6. The van der Waals surface area contributed by atoms with Crippen LogP contribution < -0.4 is 9.47 Å². The number of alkyl halides is 3. The molecule has 0 aromatic heterocycles. The van der Waals surface area contributed by atoms with Crippen molar-refractivity contribution in [2.24, 2.45) is 0 Å². The van der Waals surface area contributed by atoms with Crippen LogP contribution in [0.4, 0.5) is 13.2 Å². The summed E-state index contributed by atoms with van der Waals surface area (Å²) in [6, 6.07) is 4.66. The Kier molecular flexibility index (Phi) is 7.20. The van der Waals surface area contributed by atoms with Crippen LogP contribution in [0.3, 0.4) is 0 Å². The number of carboxylic acid groups (broad SMARTS) is 1. The zero-order chi connectivity index (χ0) is 18.3. The van der Waals surface area contributed by atoms with Crippen LogP contribution in [0, 0.1) is 0 Å². The second-order valence-corrected chi connectivity index (χ2v) is 5.64. The van der Waals surface area contributed by atoms with E-state index in [1.54, 1.807) is 18.2 Å². The lowest BCUT2D eigenvalue weighted by Gasteiger charge is -2.21. The summed E-state index contributed by atoms with van der Waals surface area (Å²) in [5.74, 6) is -2.32. The first-order valence-corrected chi connectivity index (χ1v) is 7.55. The molecule has 0 spiro atoms. The zero-order valence-electron chi connectivity index (χ0n) is 12.9. The van der Waals surface area contributed by atoms with Crippen LogP contribution >= 0.6 is 11.8 Å². The first kappa shape index (κ1) is 19.9. The number of carbonyl (C=O) groups is 2. The van der Waals surface area contributed by atoms with Crippen molar-refractivity contribution in [2.45, 2.75) is 12.1 Å². The lowest BCUT2D eigenvalue weighted by molar-refractivity contribution is -0.143. The number of amides is 1. The minimum absolute atomic E-state index is 0.183. The Morgan fingerprint density at radius 1 is 1.17 bits per heavy atom. The normalized spacial score (nSPS) is 11.0. The van der Waals surface area contributed by atoms with E-state index >= 15 is 0 Å². The monoisotopic (exact) mass is 367 g/mol. The summed E-state index contributed by atoms with van der Waals surface area (Å²) in [6.45, 7) is -0.895. The molecule has 134 valence electrons. The second-order valence-electron chi connectivity index (χ2n) is 4.60. The van der Waals surface area contributed by atoms with Gasteiger partial charge in [-0.1, -0.05) is 0 Å². The van der Waals surface area contributed by atoms with Crippen molar-refractivity contribution in [3.63, 3.8) is 0 Å². The second kappa shape index (κ2) is 8.67. The molecule has 0 atom stereocenters. The van der Waals surface area contributed by atoms with Crippen molar-refractivity contribution < 1.29 is 37.3 Å². The third kappa shape index (κ3) is 6.99. The van der Waals surface area contributed by atoms with E-state index in [0.29, 0.717) is 17.1 Å². The largest absolute Gasteiger partial charge is 0.497 e. The number of nitrogens with zero attached hydrogens (tertiary/aromatic N) is 1. The Balaban J connectivity index is 2.93. The first-order chi connectivity index (χ1) is 11.1. The summed E-state index contributed by atoms with van der Waals surface area (Å²) >= 11 is -0.511. The fourth-order valence-electron chi connectivity index (χ4n) is 1.81. The average Bonchev–Trinajstić information content (AvgIpc) is 2.50. The highest BCUT2D eigenvalue weighted by molar-refractivity contribution is 8.00. The minimum atomic E-state index is -4.57. The highest BCUT2D eigenvalue weighted by atomic mass is 32.2. The van der Waals surface area contributed by atoms with Gasteiger partial charge in [0.05, 0.1) is 20.0 Å². The van der Waals surface area contributed by atoms with Crippen molar-refractivity contribution in [3.8, 4) is 11.5 Å². The van der Waals surface area contributed by atoms with Gasteiger partial charge in [-0.3, -0.25) is 9.59 Å². The van der Waals surface area contributed by atoms with E-state index in [1.165, 1.54) is 14.2 Å². The molecule has 0 saturated heterocycles. The third-order valence-electron chi connectivity index (χ3n) is 2.82. The molecule has 0 aliphatic heterocycles. The van der Waals surface area contributed by atoms with Gasteiger partial charge in [0.15, 0.2) is 0 Å². The molecule has 0 aliphatic rings. The van der Waals surface area contributed by atoms with Gasteiger partial charge in [-0.2, -0.15) is 13.2 Å². The minimum Gasteiger partial charge on any atom is -0.497 e. The number of hydrogen-bond acceptors (Lipinski definition) is 5. The molecule has 0 aliphatic carbocycles. The van der Waals surface area contributed by atoms with Gasteiger partial charge in [-0.15, -0.1) is 0 Å². The summed E-state index contributed by atoms with van der Waals surface area (Å²) in [5.41, 5.74) is -4.10. The Morgan fingerprint density at radius 3 is 2.12 bits per heavy atom. The molecule has 0 unspecified atom stereocenters. The van der Waals surface area contributed by atoms with Crippen LogP contribution in [0.1, 0.15) is 5.56 Å². The number of halogens is 3. The maximum atomic E-state index is 12.2. The maximum Gasteiger partial charge on any atom is 0.442 e. The predicted octanol–water partition coefficient (Wildman–Crippen LogP) is 2.37. The molecule has 24 heavy (non-hydrogen) atoms. The number of carboxylic acids is 1. The molecular weight excluding hydrogens is 351 g/mol. The SMILES string of the molecule is COc1cc(CN(CC(=O)O)C(=O)CSC(F)(F)F)cc(OC)c1.